The number of hydrogen-bond donors (Lipinski definition) is 0. The second-order valence-corrected chi connectivity index (χ2v) is 5.06. The van der Waals surface area contributed by atoms with E-state index < -0.39 is 0 Å². The van der Waals surface area contributed by atoms with Crippen molar-refractivity contribution in [2.75, 3.05) is 7.11 Å². The van der Waals surface area contributed by atoms with Gasteiger partial charge in [-0.3, -0.25) is 4.79 Å². The Morgan fingerprint density at radius 3 is 2.75 bits per heavy atom. The molecule has 0 spiro atoms. The van der Waals surface area contributed by atoms with Crippen LogP contribution in [0.1, 0.15) is 43.8 Å². The molecule has 1 aromatic rings. The zero-order chi connectivity index (χ0) is 12.1. The lowest BCUT2D eigenvalue weighted by atomic mass is 9.97. The first-order valence-corrected chi connectivity index (χ1v) is 6.50. The third kappa shape index (κ3) is 3.04. The predicted octanol–water partition coefficient (Wildman–Crippen LogP) is 3.01. The van der Waals surface area contributed by atoms with Crippen molar-refractivity contribution in [3.63, 3.8) is 0 Å². The summed E-state index contributed by atoms with van der Waals surface area (Å²) in [4.78, 5) is 16.2. The quantitative estimate of drug-likeness (QED) is 0.744. The van der Waals surface area contributed by atoms with Crippen molar-refractivity contribution >= 4 is 17.3 Å². The van der Waals surface area contributed by atoms with Crippen molar-refractivity contribution < 1.29 is 9.53 Å². The molecule has 16 heavy (non-hydrogen) atoms. The van der Waals surface area contributed by atoms with Crippen LogP contribution in [0, 0.1) is 5.92 Å². The van der Waals surface area contributed by atoms with E-state index in [2.05, 4.69) is 11.9 Å². The van der Waals surface area contributed by atoms with Crippen molar-refractivity contribution in [2.24, 2.45) is 5.92 Å². The van der Waals surface area contributed by atoms with Crippen LogP contribution in [0.5, 0.6) is 0 Å². The van der Waals surface area contributed by atoms with Crippen molar-refractivity contribution in [2.45, 2.75) is 39.5 Å². The standard InChI is InChI=1S/C12H19NO2S/c1-5-6-9-7-16-11(13-9)10(8(2)3)12(14)15-4/h7-8,10H,5-6H2,1-4H3. The first-order valence-electron chi connectivity index (χ1n) is 5.62. The molecule has 0 aliphatic carbocycles. The second kappa shape index (κ2) is 5.99. The van der Waals surface area contributed by atoms with Gasteiger partial charge in [-0.1, -0.05) is 27.2 Å². The third-order valence-corrected chi connectivity index (χ3v) is 3.44. The minimum Gasteiger partial charge on any atom is -0.468 e. The number of esters is 1. The molecule has 0 saturated heterocycles. The summed E-state index contributed by atoms with van der Waals surface area (Å²) in [5.41, 5.74) is 1.08. The minimum atomic E-state index is -0.222. The fourth-order valence-electron chi connectivity index (χ4n) is 1.62. The molecule has 4 heteroatoms. The maximum Gasteiger partial charge on any atom is 0.315 e. The van der Waals surface area contributed by atoms with Gasteiger partial charge in [0, 0.05) is 5.38 Å². The summed E-state index contributed by atoms with van der Waals surface area (Å²) >= 11 is 1.56. The molecule has 0 amide bonds. The Labute approximate surface area is 101 Å². The zero-order valence-electron chi connectivity index (χ0n) is 10.3. The van der Waals surface area contributed by atoms with E-state index in [4.69, 9.17) is 4.74 Å². The Morgan fingerprint density at radius 1 is 1.56 bits per heavy atom. The highest BCUT2D eigenvalue weighted by Gasteiger charge is 2.27. The molecule has 0 saturated carbocycles. The third-order valence-electron chi connectivity index (χ3n) is 2.46. The highest BCUT2D eigenvalue weighted by atomic mass is 32.1. The molecular formula is C12H19NO2S. The molecule has 1 rings (SSSR count). The molecule has 1 aromatic heterocycles. The summed E-state index contributed by atoms with van der Waals surface area (Å²) in [7, 11) is 1.43. The smallest absolute Gasteiger partial charge is 0.315 e. The van der Waals surface area contributed by atoms with Gasteiger partial charge in [-0.2, -0.15) is 0 Å². The monoisotopic (exact) mass is 241 g/mol. The number of aromatic nitrogens is 1. The van der Waals surface area contributed by atoms with Gasteiger partial charge in [0.2, 0.25) is 0 Å². The fourth-order valence-corrected chi connectivity index (χ4v) is 2.73. The number of ether oxygens (including phenoxy) is 1. The highest BCUT2D eigenvalue weighted by molar-refractivity contribution is 7.09. The molecule has 0 bridgehead atoms. The number of nitrogens with zero attached hydrogens (tertiary/aromatic N) is 1. The normalized spacial score (nSPS) is 12.8. The number of carbonyl (C=O) groups excluding carboxylic acids is 1. The lowest BCUT2D eigenvalue weighted by molar-refractivity contribution is -0.143. The first kappa shape index (κ1) is 13.2. The maximum atomic E-state index is 11.7. The zero-order valence-corrected chi connectivity index (χ0v) is 11.1. The van der Waals surface area contributed by atoms with Gasteiger partial charge in [0.05, 0.1) is 12.8 Å². The molecule has 0 radical (unpaired) electrons. The first-order chi connectivity index (χ1) is 7.60. The number of methoxy groups -OCH3 is 1. The average molecular weight is 241 g/mol. The van der Waals surface area contributed by atoms with Crippen LogP contribution in [-0.4, -0.2) is 18.1 Å². The number of rotatable bonds is 5. The average Bonchev–Trinajstić information content (AvgIpc) is 2.66. The molecule has 0 N–H and O–H groups in total. The minimum absolute atomic E-state index is 0.188. The van der Waals surface area contributed by atoms with Crippen LogP contribution >= 0.6 is 11.3 Å². The van der Waals surface area contributed by atoms with E-state index in [9.17, 15) is 4.79 Å². The topological polar surface area (TPSA) is 39.2 Å². The lowest BCUT2D eigenvalue weighted by Crippen LogP contribution is -2.19. The molecule has 0 aliphatic rings. The second-order valence-electron chi connectivity index (χ2n) is 4.17. The molecule has 3 nitrogen and oxygen atoms in total. The number of hydrogen-bond acceptors (Lipinski definition) is 4. The number of aryl methyl sites for hydroxylation is 1. The summed E-state index contributed by atoms with van der Waals surface area (Å²) in [6.45, 7) is 6.16. The Bertz CT molecular complexity index is 347. The van der Waals surface area contributed by atoms with E-state index in [1.54, 1.807) is 11.3 Å². The van der Waals surface area contributed by atoms with Gasteiger partial charge in [-0.05, 0) is 12.3 Å². The number of carbonyl (C=O) groups is 1. The molecule has 0 fully saturated rings. The van der Waals surface area contributed by atoms with Gasteiger partial charge in [-0.15, -0.1) is 11.3 Å². The van der Waals surface area contributed by atoms with Gasteiger partial charge >= 0.3 is 5.97 Å². The number of thiazole rings is 1. The van der Waals surface area contributed by atoms with Crippen molar-refractivity contribution in [1.82, 2.24) is 4.98 Å². The van der Waals surface area contributed by atoms with Gasteiger partial charge in [0.15, 0.2) is 0 Å². The van der Waals surface area contributed by atoms with Crippen LogP contribution in [0.25, 0.3) is 0 Å². The summed E-state index contributed by atoms with van der Waals surface area (Å²) in [5.74, 6) is -0.193. The van der Waals surface area contributed by atoms with Crippen LogP contribution in [0.15, 0.2) is 5.38 Å². The van der Waals surface area contributed by atoms with E-state index >= 15 is 0 Å². The summed E-state index contributed by atoms with van der Waals surface area (Å²) in [6, 6.07) is 0. The van der Waals surface area contributed by atoms with E-state index in [-0.39, 0.29) is 17.8 Å². The molecule has 1 unspecified atom stereocenters. The highest BCUT2D eigenvalue weighted by Crippen LogP contribution is 2.28. The molecular weight excluding hydrogens is 222 g/mol. The fraction of sp³-hybridized carbons (Fsp3) is 0.667. The van der Waals surface area contributed by atoms with E-state index in [1.165, 1.54) is 7.11 Å². The Hall–Kier alpha value is -0.900. The maximum absolute atomic E-state index is 11.7. The lowest BCUT2D eigenvalue weighted by Gasteiger charge is -2.15. The van der Waals surface area contributed by atoms with Crippen LogP contribution in [-0.2, 0) is 16.0 Å². The molecule has 0 aromatic carbocycles. The summed E-state index contributed by atoms with van der Waals surface area (Å²) in [5, 5.41) is 2.92. The Kier molecular flexibility index (Phi) is 4.93. The van der Waals surface area contributed by atoms with Crippen LogP contribution in [0.2, 0.25) is 0 Å². The molecule has 1 atom stereocenters. The van der Waals surface area contributed by atoms with E-state index in [1.807, 2.05) is 19.2 Å². The van der Waals surface area contributed by atoms with Crippen molar-refractivity contribution in [3.05, 3.63) is 16.1 Å². The van der Waals surface area contributed by atoms with Crippen LogP contribution < -0.4 is 0 Å². The Morgan fingerprint density at radius 2 is 2.25 bits per heavy atom. The van der Waals surface area contributed by atoms with Crippen LogP contribution in [0.4, 0.5) is 0 Å². The van der Waals surface area contributed by atoms with Gasteiger partial charge in [0.1, 0.15) is 10.9 Å². The SMILES string of the molecule is CCCc1csc(C(C(=O)OC)C(C)C)n1. The van der Waals surface area contributed by atoms with Crippen LogP contribution in [0.3, 0.4) is 0 Å². The summed E-state index contributed by atoms with van der Waals surface area (Å²) < 4.78 is 4.83. The van der Waals surface area contributed by atoms with Crippen molar-refractivity contribution in [3.8, 4) is 0 Å². The summed E-state index contributed by atoms with van der Waals surface area (Å²) in [6.07, 6.45) is 2.05. The molecule has 1 heterocycles. The van der Waals surface area contributed by atoms with Gasteiger partial charge in [-0.25, -0.2) is 4.98 Å². The largest absolute Gasteiger partial charge is 0.468 e. The van der Waals surface area contributed by atoms with Crippen molar-refractivity contribution in [1.29, 1.82) is 0 Å². The van der Waals surface area contributed by atoms with Gasteiger partial charge < -0.3 is 4.74 Å². The van der Waals surface area contributed by atoms with E-state index in [0.717, 1.165) is 23.5 Å². The Balaban J connectivity index is 2.88. The van der Waals surface area contributed by atoms with Gasteiger partial charge in [0.25, 0.3) is 0 Å². The van der Waals surface area contributed by atoms with E-state index in [0.29, 0.717) is 0 Å². The molecule has 90 valence electrons. The molecule has 0 aliphatic heterocycles. The predicted molar refractivity (Wildman–Crippen MR) is 65.7 cm³/mol.